The first-order valence-corrected chi connectivity index (χ1v) is 8.86. The number of alkyl halides is 2. The Bertz CT molecular complexity index is 885. The second-order valence-corrected chi connectivity index (χ2v) is 7.23. The highest BCUT2D eigenvalue weighted by Gasteiger charge is 2.29. The summed E-state index contributed by atoms with van der Waals surface area (Å²) in [5, 5.41) is 5.52. The van der Waals surface area contributed by atoms with E-state index >= 15 is 0 Å². The molecule has 2 rings (SSSR count). The third-order valence-corrected chi connectivity index (χ3v) is 3.81. The third-order valence-electron chi connectivity index (χ3n) is 3.81. The monoisotopic (exact) mass is 409 g/mol. The number of ether oxygens (including phenoxy) is 2. The highest BCUT2D eigenvalue weighted by atomic mass is 19.3. The molecule has 1 amide bonds. The Balaban J connectivity index is 2.40. The molecule has 0 aliphatic carbocycles. The average Bonchev–Trinajstić information content (AvgIpc) is 2.59. The van der Waals surface area contributed by atoms with Crippen molar-refractivity contribution < 1.29 is 23.0 Å². The normalized spacial score (nSPS) is 11.9. The van der Waals surface area contributed by atoms with Crippen molar-refractivity contribution in [2.24, 2.45) is 0 Å². The van der Waals surface area contributed by atoms with E-state index in [1.165, 1.54) is 25.3 Å². The lowest BCUT2D eigenvalue weighted by atomic mass is 10.1. The van der Waals surface area contributed by atoms with E-state index in [1.807, 2.05) is 13.8 Å². The number of carbonyl (C=O) groups excluding carboxylic acids is 1. The van der Waals surface area contributed by atoms with Crippen LogP contribution in [0.1, 0.15) is 39.2 Å². The van der Waals surface area contributed by atoms with Crippen molar-refractivity contribution in [1.82, 2.24) is 15.0 Å². The molecule has 0 saturated carbocycles. The van der Waals surface area contributed by atoms with Crippen LogP contribution in [0.2, 0.25) is 0 Å². The summed E-state index contributed by atoms with van der Waals surface area (Å²) in [6, 6.07) is 3.05. The van der Waals surface area contributed by atoms with E-state index in [0.29, 0.717) is 17.1 Å². The van der Waals surface area contributed by atoms with Crippen LogP contribution < -0.4 is 15.4 Å². The van der Waals surface area contributed by atoms with Gasteiger partial charge in [0.05, 0.1) is 17.5 Å². The van der Waals surface area contributed by atoms with E-state index in [4.69, 9.17) is 9.47 Å². The summed E-state index contributed by atoms with van der Waals surface area (Å²) in [6.07, 6.45) is 1.42. The summed E-state index contributed by atoms with van der Waals surface area (Å²) in [5.41, 5.74) is 0.202. The van der Waals surface area contributed by atoms with Gasteiger partial charge in [-0.1, -0.05) is 0 Å². The van der Waals surface area contributed by atoms with Crippen LogP contribution in [0.4, 0.5) is 26.1 Å². The summed E-state index contributed by atoms with van der Waals surface area (Å²) in [7, 11) is 1.57. The SMILES string of the molecule is COC(C)(C)COc1cnc(NC(C)=O)cc1Nc1cc(C)nc(C(C)(F)F)n1. The van der Waals surface area contributed by atoms with Crippen molar-refractivity contribution in [2.75, 3.05) is 24.4 Å². The summed E-state index contributed by atoms with van der Waals surface area (Å²) < 4.78 is 38.5. The van der Waals surface area contributed by atoms with Crippen LogP contribution in [-0.4, -0.2) is 40.2 Å². The second kappa shape index (κ2) is 8.64. The number of anilines is 3. The van der Waals surface area contributed by atoms with Gasteiger partial charge >= 0.3 is 5.92 Å². The molecular weight excluding hydrogens is 384 g/mol. The van der Waals surface area contributed by atoms with Crippen LogP contribution in [-0.2, 0) is 15.5 Å². The Morgan fingerprint density at radius 3 is 2.45 bits per heavy atom. The lowest BCUT2D eigenvalue weighted by Crippen LogP contribution is -2.31. The average molecular weight is 409 g/mol. The Hall–Kier alpha value is -2.88. The van der Waals surface area contributed by atoms with Gasteiger partial charge in [0.1, 0.15) is 18.2 Å². The lowest BCUT2D eigenvalue weighted by Gasteiger charge is -2.24. The van der Waals surface area contributed by atoms with Gasteiger partial charge in [-0.3, -0.25) is 4.79 Å². The fraction of sp³-hybridized carbons (Fsp3) is 0.474. The molecule has 0 spiro atoms. The number of hydrogen-bond donors (Lipinski definition) is 2. The fourth-order valence-electron chi connectivity index (χ4n) is 2.18. The number of pyridine rings is 1. The van der Waals surface area contributed by atoms with Gasteiger partial charge in [-0.25, -0.2) is 15.0 Å². The molecule has 8 nitrogen and oxygen atoms in total. The molecule has 2 aromatic heterocycles. The molecule has 10 heteroatoms. The molecule has 29 heavy (non-hydrogen) atoms. The minimum Gasteiger partial charge on any atom is -0.487 e. The van der Waals surface area contributed by atoms with E-state index in [-0.39, 0.29) is 24.1 Å². The number of rotatable bonds is 8. The predicted molar refractivity (Wildman–Crippen MR) is 105 cm³/mol. The topological polar surface area (TPSA) is 98.3 Å². The van der Waals surface area contributed by atoms with Crippen LogP contribution in [0, 0.1) is 6.92 Å². The highest BCUT2D eigenvalue weighted by molar-refractivity contribution is 5.88. The molecule has 0 unspecified atom stereocenters. The minimum absolute atomic E-state index is 0.157. The second-order valence-electron chi connectivity index (χ2n) is 7.23. The molecule has 2 heterocycles. The molecule has 2 aromatic rings. The van der Waals surface area contributed by atoms with Gasteiger partial charge in [0.25, 0.3) is 0 Å². The number of methoxy groups -OCH3 is 1. The van der Waals surface area contributed by atoms with Crippen molar-refractivity contribution in [1.29, 1.82) is 0 Å². The molecule has 0 atom stereocenters. The molecule has 158 valence electrons. The van der Waals surface area contributed by atoms with Gasteiger partial charge in [0, 0.05) is 38.8 Å². The van der Waals surface area contributed by atoms with Gasteiger partial charge in [0.15, 0.2) is 5.75 Å². The van der Waals surface area contributed by atoms with Crippen molar-refractivity contribution in [3.8, 4) is 5.75 Å². The minimum atomic E-state index is -3.19. The maximum atomic E-state index is 13.7. The Kier molecular flexibility index (Phi) is 6.68. The van der Waals surface area contributed by atoms with Gasteiger partial charge < -0.3 is 20.1 Å². The standard InChI is InChI=1S/C19H25F2N5O3/c1-11-7-16(26-17(23-11)19(5,20)21)25-13-8-15(24-12(2)27)22-9-14(13)29-10-18(3,4)28-6/h7-9H,10H2,1-6H3,(H2,22,23,24,25,26,27). The first-order chi connectivity index (χ1) is 13.4. The molecule has 0 aliphatic rings. The first kappa shape index (κ1) is 22.4. The van der Waals surface area contributed by atoms with Crippen molar-refractivity contribution in [3.63, 3.8) is 0 Å². The van der Waals surface area contributed by atoms with E-state index in [2.05, 4.69) is 25.6 Å². The predicted octanol–water partition coefficient (Wildman–Crippen LogP) is 3.80. The smallest absolute Gasteiger partial charge is 0.303 e. The summed E-state index contributed by atoms with van der Waals surface area (Å²) in [6.45, 7) is 7.58. The van der Waals surface area contributed by atoms with Gasteiger partial charge in [-0.05, 0) is 20.8 Å². The van der Waals surface area contributed by atoms with Crippen LogP contribution in [0.3, 0.4) is 0 Å². The zero-order chi connectivity index (χ0) is 21.8. The molecular formula is C19H25F2N5O3. The molecule has 0 aliphatic heterocycles. The van der Waals surface area contributed by atoms with Crippen LogP contribution >= 0.6 is 0 Å². The van der Waals surface area contributed by atoms with E-state index in [9.17, 15) is 13.6 Å². The van der Waals surface area contributed by atoms with Crippen LogP contribution in [0.15, 0.2) is 18.3 Å². The largest absolute Gasteiger partial charge is 0.487 e. The van der Waals surface area contributed by atoms with Crippen LogP contribution in [0.5, 0.6) is 5.75 Å². The number of aryl methyl sites for hydroxylation is 1. The third kappa shape index (κ3) is 6.60. The number of nitrogens with zero attached hydrogens (tertiary/aromatic N) is 3. The summed E-state index contributed by atoms with van der Waals surface area (Å²) in [5.74, 6) is -3.33. The van der Waals surface area contributed by atoms with Crippen molar-refractivity contribution >= 4 is 23.2 Å². The lowest BCUT2D eigenvalue weighted by molar-refractivity contribution is -0.114. The van der Waals surface area contributed by atoms with Gasteiger partial charge in [-0.2, -0.15) is 8.78 Å². The van der Waals surface area contributed by atoms with Crippen LogP contribution in [0.25, 0.3) is 0 Å². The summed E-state index contributed by atoms with van der Waals surface area (Å²) in [4.78, 5) is 23.2. The van der Waals surface area contributed by atoms with E-state index in [1.54, 1.807) is 14.0 Å². The van der Waals surface area contributed by atoms with E-state index in [0.717, 1.165) is 6.92 Å². The van der Waals surface area contributed by atoms with E-state index < -0.39 is 17.3 Å². The quantitative estimate of drug-likeness (QED) is 0.684. The molecule has 0 saturated heterocycles. The number of carbonyl (C=O) groups is 1. The number of aromatic nitrogens is 3. The highest BCUT2D eigenvalue weighted by Crippen LogP contribution is 2.31. The van der Waals surface area contributed by atoms with Gasteiger partial charge in [-0.15, -0.1) is 0 Å². The van der Waals surface area contributed by atoms with Gasteiger partial charge in [0.2, 0.25) is 11.7 Å². The number of halogens is 2. The Morgan fingerprint density at radius 1 is 1.17 bits per heavy atom. The fourth-order valence-corrected chi connectivity index (χ4v) is 2.18. The Morgan fingerprint density at radius 2 is 1.86 bits per heavy atom. The Labute approximate surface area is 168 Å². The molecule has 0 fully saturated rings. The molecule has 0 aromatic carbocycles. The summed E-state index contributed by atoms with van der Waals surface area (Å²) >= 11 is 0. The molecule has 0 radical (unpaired) electrons. The number of nitrogens with one attached hydrogen (secondary N) is 2. The number of amides is 1. The molecule has 2 N–H and O–H groups in total. The molecule has 0 bridgehead atoms. The zero-order valence-electron chi connectivity index (χ0n) is 17.3. The van der Waals surface area contributed by atoms with Crippen molar-refractivity contribution in [2.45, 2.75) is 46.1 Å². The van der Waals surface area contributed by atoms with Crippen molar-refractivity contribution in [3.05, 3.63) is 29.8 Å². The zero-order valence-corrected chi connectivity index (χ0v) is 17.3. The maximum absolute atomic E-state index is 13.7. The number of hydrogen-bond acceptors (Lipinski definition) is 7. The first-order valence-electron chi connectivity index (χ1n) is 8.86. The maximum Gasteiger partial charge on any atom is 0.303 e.